The van der Waals surface area contributed by atoms with Gasteiger partial charge in [0.1, 0.15) is 6.10 Å². The summed E-state index contributed by atoms with van der Waals surface area (Å²) in [5.41, 5.74) is 0. The zero-order valence-electron chi connectivity index (χ0n) is 15.1. The van der Waals surface area contributed by atoms with E-state index < -0.39 is 0 Å². The number of ether oxygens (including phenoxy) is 2. The molecule has 2 saturated heterocycles. The first-order valence-electron chi connectivity index (χ1n) is 9.12. The Morgan fingerprint density at radius 2 is 2.19 bits per heavy atom. The lowest BCUT2D eigenvalue weighted by atomic mass is 10.2. The Labute approximate surface area is 156 Å². The Hall–Kier alpha value is -1.62. The van der Waals surface area contributed by atoms with Crippen LogP contribution in [0.5, 0.6) is 0 Å². The van der Waals surface area contributed by atoms with Crippen LogP contribution in [0.1, 0.15) is 29.6 Å². The number of rotatable bonds is 7. The molecule has 142 valence electrons. The molecule has 2 aliphatic heterocycles. The van der Waals surface area contributed by atoms with E-state index in [1.807, 2.05) is 6.20 Å². The van der Waals surface area contributed by atoms with Crippen molar-refractivity contribution in [1.29, 1.82) is 0 Å². The molecule has 4 rings (SSSR count). The number of aromatic nitrogens is 5. The molecule has 1 atom stereocenters. The fraction of sp³-hybridized carbons (Fsp3) is 0.750. The van der Waals surface area contributed by atoms with Crippen LogP contribution in [0.3, 0.4) is 0 Å². The number of hydrogen-bond acceptors (Lipinski definition) is 9. The maximum absolute atomic E-state index is 5.86. The molecule has 0 N–H and O–H groups in total. The van der Waals surface area contributed by atoms with Gasteiger partial charge in [0, 0.05) is 50.9 Å². The molecule has 2 aromatic rings. The van der Waals surface area contributed by atoms with Crippen molar-refractivity contribution in [2.75, 3.05) is 51.4 Å². The molecular formula is C16H25N7O2S. The molecule has 9 nitrogen and oxygen atoms in total. The normalized spacial score (nSPS) is 21.6. The minimum atomic E-state index is -0.133. The molecule has 2 aliphatic rings. The van der Waals surface area contributed by atoms with Crippen molar-refractivity contribution in [3.63, 3.8) is 0 Å². The van der Waals surface area contributed by atoms with Crippen molar-refractivity contribution >= 4 is 16.5 Å². The molecule has 0 aliphatic carbocycles. The minimum Gasteiger partial charge on any atom is -0.383 e. The van der Waals surface area contributed by atoms with Crippen LogP contribution >= 0.6 is 11.3 Å². The van der Waals surface area contributed by atoms with E-state index in [1.54, 1.807) is 23.2 Å². The number of hydrogen-bond donors (Lipinski definition) is 0. The number of morpholine rings is 1. The van der Waals surface area contributed by atoms with Crippen molar-refractivity contribution in [2.24, 2.45) is 0 Å². The predicted molar refractivity (Wildman–Crippen MR) is 97.2 cm³/mol. The van der Waals surface area contributed by atoms with Crippen LogP contribution in [-0.2, 0) is 22.6 Å². The summed E-state index contributed by atoms with van der Waals surface area (Å²) < 4.78 is 10.9. The van der Waals surface area contributed by atoms with Gasteiger partial charge in [-0.05, 0) is 18.1 Å². The standard InChI is InChI=1S/C16H25N7O2S/c1-24-8-7-23-19-15(18-20-23)14-12-21(6-9-25-14)11-13-10-17-16(26-13)22-4-2-3-5-22/h10,14H,2-9,11-12H2,1H3. The van der Waals surface area contributed by atoms with E-state index in [1.165, 1.54) is 17.7 Å². The molecular weight excluding hydrogens is 354 g/mol. The first-order valence-corrected chi connectivity index (χ1v) is 9.94. The quantitative estimate of drug-likeness (QED) is 0.703. The Morgan fingerprint density at radius 1 is 1.31 bits per heavy atom. The molecule has 1 unspecified atom stereocenters. The number of nitrogens with zero attached hydrogens (tertiary/aromatic N) is 7. The third kappa shape index (κ3) is 4.20. The van der Waals surface area contributed by atoms with Gasteiger partial charge in [-0.3, -0.25) is 4.90 Å². The van der Waals surface area contributed by atoms with Crippen molar-refractivity contribution in [1.82, 2.24) is 30.1 Å². The number of methoxy groups -OCH3 is 1. The average Bonchev–Trinajstić information content (AvgIpc) is 3.41. The lowest BCUT2D eigenvalue weighted by Gasteiger charge is -2.30. The van der Waals surface area contributed by atoms with Gasteiger partial charge in [0.25, 0.3) is 0 Å². The highest BCUT2D eigenvalue weighted by atomic mass is 32.1. The molecule has 26 heavy (non-hydrogen) atoms. The molecule has 10 heteroatoms. The van der Waals surface area contributed by atoms with Crippen LogP contribution in [0, 0.1) is 0 Å². The average molecular weight is 379 g/mol. The molecule has 2 fully saturated rings. The van der Waals surface area contributed by atoms with E-state index in [4.69, 9.17) is 9.47 Å². The number of thiazole rings is 1. The highest BCUT2D eigenvalue weighted by Gasteiger charge is 2.26. The van der Waals surface area contributed by atoms with E-state index in [-0.39, 0.29) is 6.10 Å². The van der Waals surface area contributed by atoms with Crippen LogP contribution in [-0.4, -0.2) is 76.6 Å². The Morgan fingerprint density at radius 3 is 3.04 bits per heavy atom. The van der Waals surface area contributed by atoms with Crippen molar-refractivity contribution in [3.8, 4) is 0 Å². The summed E-state index contributed by atoms with van der Waals surface area (Å²) in [5, 5.41) is 13.8. The fourth-order valence-corrected chi connectivity index (χ4v) is 4.30. The Bertz CT molecular complexity index is 700. The molecule has 0 amide bonds. The fourth-order valence-electron chi connectivity index (χ4n) is 3.30. The van der Waals surface area contributed by atoms with Crippen molar-refractivity contribution < 1.29 is 9.47 Å². The van der Waals surface area contributed by atoms with Gasteiger partial charge in [-0.25, -0.2) is 4.98 Å². The highest BCUT2D eigenvalue weighted by Crippen LogP contribution is 2.28. The first-order chi connectivity index (χ1) is 12.8. The minimum absolute atomic E-state index is 0.133. The van der Waals surface area contributed by atoms with E-state index in [0.717, 1.165) is 37.9 Å². The molecule has 0 spiro atoms. The SMILES string of the molecule is COCCn1nnc(C2CN(Cc3cnc(N4CCCC4)s3)CCO2)n1. The predicted octanol–water partition coefficient (Wildman–Crippen LogP) is 0.950. The maximum atomic E-state index is 5.86. The van der Waals surface area contributed by atoms with Gasteiger partial charge in [-0.2, -0.15) is 4.80 Å². The highest BCUT2D eigenvalue weighted by molar-refractivity contribution is 7.15. The summed E-state index contributed by atoms with van der Waals surface area (Å²) in [5.74, 6) is 0.646. The van der Waals surface area contributed by atoms with Crippen LogP contribution in [0.25, 0.3) is 0 Å². The van der Waals surface area contributed by atoms with Gasteiger partial charge in [0.15, 0.2) is 5.13 Å². The largest absolute Gasteiger partial charge is 0.383 e. The van der Waals surface area contributed by atoms with Gasteiger partial charge in [0.05, 0.1) is 19.8 Å². The van der Waals surface area contributed by atoms with Crippen LogP contribution in [0.15, 0.2) is 6.20 Å². The summed E-state index contributed by atoms with van der Waals surface area (Å²) >= 11 is 1.80. The number of tetrazole rings is 1. The summed E-state index contributed by atoms with van der Waals surface area (Å²) in [6.45, 7) is 6.68. The maximum Gasteiger partial charge on any atom is 0.204 e. The van der Waals surface area contributed by atoms with E-state index >= 15 is 0 Å². The second-order valence-electron chi connectivity index (χ2n) is 6.63. The molecule has 0 saturated carbocycles. The monoisotopic (exact) mass is 379 g/mol. The van der Waals surface area contributed by atoms with Crippen molar-refractivity contribution in [2.45, 2.75) is 32.0 Å². The second kappa shape index (κ2) is 8.38. The van der Waals surface area contributed by atoms with Crippen LogP contribution in [0.4, 0.5) is 5.13 Å². The van der Waals surface area contributed by atoms with Gasteiger partial charge in [-0.1, -0.05) is 0 Å². The summed E-state index contributed by atoms with van der Waals surface area (Å²) in [6, 6.07) is 0. The Kier molecular flexibility index (Phi) is 5.73. The lowest BCUT2D eigenvalue weighted by Crippen LogP contribution is -2.38. The van der Waals surface area contributed by atoms with E-state index in [2.05, 4.69) is 30.2 Å². The smallest absolute Gasteiger partial charge is 0.204 e. The number of anilines is 1. The summed E-state index contributed by atoms with van der Waals surface area (Å²) in [7, 11) is 1.66. The van der Waals surface area contributed by atoms with Gasteiger partial charge in [0.2, 0.25) is 5.82 Å². The summed E-state index contributed by atoms with van der Waals surface area (Å²) in [6.07, 6.45) is 4.43. The molecule has 0 bridgehead atoms. The van der Waals surface area contributed by atoms with E-state index in [0.29, 0.717) is 25.6 Å². The topological polar surface area (TPSA) is 81.4 Å². The van der Waals surface area contributed by atoms with E-state index in [9.17, 15) is 0 Å². The molecule has 4 heterocycles. The Balaban J connectivity index is 1.34. The first kappa shape index (κ1) is 17.8. The van der Waals surface area contributed by atoms with Gasteiger partial charge < -0.3 is 14.4 Å². The second-order valence-corrected chi connectivity index (χ2v) is 7.73. The molecule has 0 radical (unpaired) electrons. The summed E-state index contributed by atoms with van der Waals surface area (Å²) in [4.78, 5) is 12.2. The molecule has 0 aromatic carbocycles. The van der Waals surface area contributed by atoms with Gasteiger partial charge >= 0.3 is 0 Å². The zero-order valence-corrected chi connectivity index (χ0v) is 15.9. The van der Waals surface area contributed by atoms with Gasteiger partial charge in [-0.15, -0.1) is 21.5 Å². The third-order valence-corrected chi connectivity index (χ3v) is 5.74. The van der Waals surface area contributed by atoms with Crippen LogP contribution < -0.4 is 4.90 Å². The third-order valence-electron chi connectivity index (χ3n) is 4.70. The zero-order chi connectivity index (χ0) is 17.8. The molecule has 2 aromatic heterocycles. The van der Waals surface area contributed by atoms with Crippen molar-refractivity contribution in [3.05, 3.63) is 16.9 Å². The van der Waals surface area contributed by atoms with Crippen LogP contribution in [0.2, 0.25) is 0 Å². The lowest BCUT2D eigenvalue weighted by molar-refractivity contribution is -0.0371.